The van der Waals surface area contributed by atoms with Crippen LogP contribution in [0.5, 0.6) is 5.75 Å². The van der Waals surface area contributed by atoms with Crippen LogP contribution in [-0.4, -0.2) is 5.11 Å². The molecule has 0 atom stereocenters. The van der Waals surface area contributed by atoms with E-state index in [2.05, 4.69) is 15.5 Å². The molecule has 4 rings (SSSR count). The molecule has 0 fully saturated rings. The summed E-state index contributed by atoms with van der Waals surface area (Å²) in [4.78, 5) is 0. The second-order valence-corrected chi connectivity index (χ2v) is 16.6. The van der Waals surface area contributed by atoms with Crippen LogP contribution in [0.1, 0.15) is 11.1 Å². The Balaban J connectivity index is 2.03. The van der Waals surface area contributed by atoms with Crippen molar-refractivity contribution in [1.82, 2.24) is 0 Å². The summed E-state index contributed by atoms with van der Waals surface area (Å²) in [7, 11) is 0. The number of hydrogen-bond donors (Lipinski definition) is 1. The molecule has 0 unspecified atom stereocenters. The summed E-state index contributed by atoms with van der Waals surface area (Å²) in [5, 5.41) is 10.3. The first-order valence-corrected chi connectivity index (χ1v) is 14.5. The molecule has 0 bridgehead atoms. The summed E-state index contributed by atoms with van der Waals surface area (Å²) in [5.74, 6) is -0.365. The average molecular weight is 517 g/mol. The fourth-order valence-electron chi connectivity index (χ4n) is 4.13. The molecule has 0 radical (unpaired) electrons. The molecule has 4 aromatic rings. The van der Waals surface area contributed by atoms with Gasteiger partial charge in [0.25, 0.3) is 0 Å². The van der Waals surface area contributed by atoms with Crippen LogP contribution < -0.4 is 15.9 Å². The predicted molar refractivity (Wildman–Crippen MR) is 131 cm³/mol. The molecule has 1 N–H and O–H groups in total. The molecule has 0 aliphatic heterocycles. The molecule has 0 amide bonds. The summed E-state index contributed by atoms with van der Waals surface area (Å²) in [6.07, 6.45) is -4.21. The van der Waals surface area contributed by atoms with Crippen LogP contribution in [0.4, 0.5) is 13.2 Å². The van der Waals surface area contributed by atoms with Gasteiger partial charge in [0.15, 0.2) is 0 Å². The molecular weight excluding hydrogens is 496 g/mol. The first-order chi connectivity index (χ1) is 15.2. The Morgan fingerprint density at radius 3 is 1.41 bits per heavy atom. The van der Waals surface area contributed by atoms with Gasteiger partial charge in [-0.2, -0.15) is 0 Å². The summed E-state index contributed by atoms with van der Waals surface area (Å²) < 4.78 is 39.6. The van der Waals surface area contributed by atoms with Crippen LogP contribution in [0.25, 0.3) is 0 Å². The Kier molecular flexibility index (Phi) is 5.91. The second-order valence-electron chi connectivity index (χ2n) is 7.69. The van der Waals surface area contributed by atoms with E-state index in [9.17, 15) is 18.3 Å². The molecule has 164 valence electrons. The van der Waals surface area contributed by atoms with Crippen LogP contribution in [0.3, 0.4) is 0 Å². The molecule has 0 saturated heterocycles. The van der Waals surface area contributed by atoms with Crippen molar-refractivity contribution in [2.24, 2.45) is 0 Å². The maximum atomic E-state index is 13.2. The maximum absolute atomic E-state index is 13.2. The number of phenolic OH excluding ortho intramolecular Hbond substituents is 1. The van der Waals surface area contributed by atoms with E-state index in [0.717, 1.165) is 28.0 Å². The fraction of sp³-hybridized carbons (Fsp3) is 0.0769. The molecule has 0 aliphatic rings. The second kappa shape index (κ2) is 8.38. The molecule has 0 spiro atoms. The van der Waals surface area contributed by atoms with Crippen molar-refractivity contribution in [3.05, 3.63) is 120 Å². The van der Waals surface area contributed by atoms with Crippen LogP contribution in [0.15, 0.2) is 109 Å². The number of benzene rings is 4. The summed E-state index contributed by atoms with van der Waals surface area (Å²) in [6, 6.07) is 33.0. The van der Waals surface area contributed by atoms with Gasteiger partial charge in [0, 0.05) is 0 Å². The molecular formula is C26H21BrF3OP. The number of phenols is 1. The quantitative estimate of drug-likeness (QED) is 0.291. The number of aromatic hydroxyl groups is 1. The van der Waals surface area contributed by atoms with Crippen molar-refractivity contribution in [2.45, 2.75) is 12.3 Å². The summed E-state index contributed by atoms with van der Waals surface area (Å²) in [5.41, 5.74) is -0.420. The first kappa shape index (κ1) is 22.6. The molecule has 0 saturated carbocycles. The van der Waals surface area contributed by atoms with E-state index in [1.807, 2.05) is 91.0 Å². The third kappa shape index (κ3) is 3.85. The van der Waals surface area contributed by atoms with Crippen molar-refractivity contribution in [1.29, 1.82) is 0 Å². The number of hydrogen-bond acceptors (Lipinski definition) is 1. The standard InChI is InChI=1S/C26H21BrF3OP/c27-32(22-10-4-1-5-11-22,23-12-6-2-7-13-23,24-14-8-3-9-15-24)19-20-16-17-21(18-25(20)31)26(28,29)30/h1-18,31H,19H2. The predicted octanol–water partition coefficient (Wildman–Crippen LogP) is 6.75. The van der Waals surface area contributed by atoms with Gasteiger partial charge in [-0.25, -0.2) is 0 Å². The first-order valence-electron chi connectivity index (χ1n) is 10.0. The van der Waals surface area contributed by atoms with Crippen molar-refractivity contribution < 1.29 is 18.3 Å². The molecule has 4 aromatic carbocycles. The number of alkyl halides is 3. The van der Waals surface area contributed by atoms with Gasteiger partial charge in [0.05, 0.1) is 0 Å². The number of rotatable bonds is 5. The van der Waals surface area contributed by atoms with Gasteiger partial charge in [-0.05, 0) is 0 Å². The zero-order valence-electron chi connectivity index (χ0n) is 17.0. The Morgan fingerprint density at radius 1 is 0.656 bits per heavy atom. The van der Waals surface area contributed by atoms with Gasteiger partial charge in [-0.15, -0.1) is 0 Å². The van der Waals surface area contributed by atoms with E-state index >= 15 is 0 Å². The third-order valence-corrected chi connectivity index (χ3v) is 15.3. The average Bonchev–Trinajstić information content (AvgIpc) is 2.81. The van der Waals surface area contributed by atoms with Crippen LogP contribution in [0.2, 0.25) is 0 Å². The molecule has 6 heteroatoms. The van der Waals surface area contributed by atoms with E-state index in [-0.39, 0.29) is 5.75 Å². The van der Waals surface area contributed by atoms with E-state index in [0.29, 0.717) is 11.7 Å². The molecule has 1 nitrogen and oxygen atoms in total. The molecule has 0 heterocycles. The van der Waals surface area contributed by atoms with Crippen molar-refractivity contribution in [3.63, 3.8) is 0 Å². The Hall–Kier alpha value is -2.62. The van der Waals surface area contributed by atoms with Gasteiger partial charge >= 0.3 is 193 Å². The van der Waals surface area contributed by atoms with Gasteiger partial charge in [-0.1, -0.05) is 0 Å². The summed E-state index contributed by atoms with van der Waals surface area (Å²) in [6.45, 7) is 0. The Bertz CT molecular complexity index is 1110. The number of halogens is 4. The molecule has 0 aromatic heterocycles. The fourth-order valence-corrected chi connectivity index (χ4v) is 11.8. The van der Waals surface area contributed by atoms with Crippen molar-refractivity contribution >= 4 is 36.7 Å². The normalized spacial score (nSPS) is 13.3. The SMILES string of the molecule is Oc1cc(C(F)(F)F)ccc1CP(Br)(c1ccccc1)(c1ccccc1)c1ccccc1. The van der Waals surface area contributed by atoms with E-state index in [1.54, 1.807) is 0 Å². The topological polar surface area (TPSA) is 20.2 Å². The molecule has 32 heavy (non-hydrogen) atoms. The van der Waals surface area contributed by atoms with Gasteiger partial charge in [0.2, 0.25) is 0 Å². The Morgan fingerprint density at radius 2 is 1.06 bits per heavy atom. The zero-order chi connectivity index (χ0) is 22.8. The minimum absolute atomic E-state index is 0.313. The van der Waals surface area contributed by atoms with E-state index in [4.69, 9.17) is 0 Å². The van der Waals surface area contributed by atoms with Crippen molar-refractivity contribution in [3.8, 4) is 5.75 Å². The van der Waals surface area contributed by atoms with Gasteiger partial charge in [0.1, 0.15) is 0 Å². The third-order valence-electron chi connectivity index (χ3n) is 5.76. The van der Waals surface area contributed by atoms with Gasteiger partial charge < -0.3 is 0 Å². The monoisotopic (exact) mass is 516 g/mol. The van der Waals surface area contributed by atoms with E-state index in [1.165, 1.54) is 6.07 Å². The van der Waals surface area contributed by atoms with Crippen LogP contribution >= 0.6 is 20.8 Å². The van der Waals surface area contributed by atoms with Crippen LogP contribution in [-0.2, 0) is 12.3 Å². The minimum atomic E-state index is -4.52. The van der Waals surface area contributed by atoms with Crippen LogP contribution in [0, 0.1) is 0 Å². The van der Waals surface area contributed by atoms with Crippen molar-refractivity contribution in [2.75, 3.05) is 0 Å². The van der Waals surface area contributed by atoms with E-state index < -0.39 is 17.0 Å². The Labute approximate surface area is 193 Å². The van der Waals surface area contributed by atoms with Gasteiger partial charge in [-0.3, -0.25) is 0 Å². The summed E-state index contributed by atoms with van der Waals surface area (Å²) >= 11 is 4.24. The molecule has 0 aliphatic carbocycles. The zero-order valence-corrected chi connectivity index (χ0v) is 19.5.